The quantitative estimate of drug-likeness (QED) is 0.0625. The van der Waals surface area contributed by atoms with Crippen molar-refractivity contribution in [3.63, 3.8) is 0 Å². The molecule has 5 nitrogen and oxygen atoms in total. The van der Waals surface area contributed by atoms with Crippen LogP contribution < -0.4 is 30.1 Å². The fraction of sp³-hybridized carbons (Fsp3) is 0.100. The standard InChI is InChI=1S/C80H64N4OSi/c1-79(2,3)55-47-48-81-75(49-55)84-72-40-22-21-36-66(72)67-43-41-58(51-74(67)84)85-57-28-23-27-56(50-57)82-53-83-77-63(54-25-11-7-12-26-54)38-24-39-69(77)70-52-62(86(59-29-13-8-14-30-59,60-31-15-9-16-32-60)61-33-17-10-18-34-61)42-44-65(70)64-35-19-20-37-68(64)76-71(80(4,5)6)45-46-73(82)78(76)83/h7-52H,1-6H3/i7D,11D,12D,25D,26D. The summed E-state index contributed by atoms with van der Waals surface area (Å²) in [7, 11) is -3.16. The van der Waals surface area contributed by atoms with Crippen LogP contribution in [0.1, 0.15) is 59.5 Å². The molecule has 0 spiro atoms. The summed E-state index contributed by atoms with van der Waals surface area (Å²) in [6, 6.07) is 84.0. The summed E-state index contributed by atoms with van der Waals surface area (Å²) in [4.78, 5) is 4.93. The van der Waals surface area contributed by atoms with Gasteiger partial charge >= 0.3 is 0 Å². The maximum Gasteiger partial charge on any atom is 0.269 e. The summed E-state index contributed by atoms with van der Waals surface area (Å²) in [5, 5.41) is 7.03. The Bertz CT molecular complexity index is 5120. The SMILES string of the molecule is [2H]c1c([2H])c([2H])c(-c2cccc3c2-[n+]2[c-]n(-c4cccc(Oc5ccc6c7ccccc7n(-c7cc(C(C)(C)C)ccn7)c6c5)c4)c4ccc(C(C)(C)C)c(c42)-c2ccccc2-c2ccc([Si](c4ccccc4)(c4ccccc4)c4ccccc4)cc2-3)c([2H])c1[2H]. The number of hydrogen-bond acceptors (Lipinski definition) is 2. The number of para-hydroxylation sites is 2. The largest absolute Gasteiger partial charge is 0.458 e. The van der Waals surface area contributed by atoms with E-state index in [1.54, 1.807) is 0 Å². The molecule has 4 heterocycles. The lowest BCUT2D eigenvalue weighted by atomic mass is 9.79. The Hall–Kier alpha value is -10.1. The zero-order valence-corrected chi connectivity index (χ0v) is 49.9. The summed E-state index contributed by atoms with van der Waals surface area (Å²) in [6.45, 7) is 13.4. The van der Waals surface area contributed by atoms with Gasteiger partial charge in [-0.2, -0.15) is 0 Å². The van der Waals surface area contributed by atoms with E-state index in [9.17, 15) is 2.74 Å². The Morgan fingerprint density at radius 1 is 0.465 bits per heavy atom. The number of hydrogen-bond donors (Lipinski definition) is 0. The summed E-state index contributed by atoms with van der Waals surface area (Å²) in [5.41, 5.74) is 13.2. The Morgan fingerprint density at radius 2 is 1.08 bits per heavy atom. The lowest BCUT2D eigenvalue weighted by Crippen LogP contribution is -2.74. The van der Waals surface area contributed by atoms with Gasteiger partial charge in [0, 0.05) is 23.0 Å². The van der Waals surface area contributed by atoms with E-state index in [0.29, 0.717) is 22.7 Å². The van der Waals surface area contributed by atoms with E-state index in [2.05, 4.69) is 268 Å². The molecule has 0 unspecified atom stereocenters. The van der Waals surface area contributed by atoms with Crippen LogP contribution in [0.4, 0.5) is 0 Å². The summed E-state index contributed by atoms with van der Waals surface area (Å²) < 4.78 is 59.9. The highest BCUT2D eigenvalue weighted by Gasteiger charge is 2.42. The molecule has 0 N–H and O–H groups in total. The second kappa shape index (κ2) is 20.6. The lowest BCUT2D eigenvalue weighted by Gasteiger charge is -2.35. The first-order chi connectivity index (χ1) is 44.0. The molecular formula is C80H64N4OSi. The third-order valence-electron chi connectivity index (χ3n) is 17.3. The molecule has 1 aliphatic rings. The molecule has 0 atom stereocenters. The van der Waals surface area contributed by atoms with Crippen molar-refractivity contribution in [1.29, 1.82) is 0 Å². The number of pyridine rings is 1. The molecule has 0 saturated carbocycles. The average Bonchev–Trinajstić information content (AvgIpc) is 1.63. The van der Waals surface area contributed by atoms with E-state index in [1.165, 1.54) is 21.1 Å². The van der Waals surface area contributed by atoms with Gasteiger partial charge in [0.1, 0.15) is 17.3 Å². The van der Waals surface area contributed by atoms with Gasteiger partial charge in [0.15, 0.2) is 8.07 Å². The number of imidazole rings is 1. The molecule has 86 heavy (non-hydrogen) atoms. The Labute approximate surface area is 511 Å². The van der Waals surface area contributed by atoms with E-state index in [0.717, 1.165) is 88.5 Å². The Kier molecular flexibility index (Phi) is 11.3. The van der Waals surface area contributed by atoms with E-state index >= 15 is 0 Å². The molecule has 0 bridgehead atoms. The molecule has 1 aliphatic heterocycles. The Balaban J connectivity index is 1.01. The van der Waals surface area contributed by atoms with Gasteiger partial charge in [-0.15, -0.1) is 0 Å². The van der Waals surface area contributed by atoms with Crippen molar-refractivity contribution in [1.82, 2.24) is 14.1 Å². The maximum absolute atomic E-state index is 9.69. The van der Waals surface area contributed by atoms with Gasteiger partial charge < -0.3 is 4.74 Å². The van der Waals surface area contributed by atoms with Crippen molar-refractivity contribution in [3.05, 3.63) is 297 Å². The Morgan fingerprint density at radius 3 is 1.79 bits per heavy atom. The zero-order valence-electron chi connectivity index (χ0n) is 53.9. The minimum Gasteiger partial charge on any atom is -0.458 e. The minimum atomic E-state index is -3.16. The van der Waals surface area contributed by atoms with Crippen LogP contribution in [0, 0.1) is 6.33 Å². The molecule has 0 fully saturated rings. The first kappa shape index (κ1) is 47.2. The van der Waals surface area contributed by atoms with E-state index in [-0.39, 0.29) is 28.5 Å². The second-order valence-corrected chi connectivity index (χ2v) is 28.3. The fourth-order valence-corrected chi connectivity index (χ4v) is 18.1. The van der Waals surface area contributed by atoms with E-state index < -0.39 is 26.2 Å². The zero-order chi connectivity index (χ0) is 62.7. The normalized spacial score (nSPS) is 13.1. The van der Waals surface area contributed by atoms with Gasteiger partial charge in [-0.25, -0.2) is 4.98 Å². The monoisotopic (exact) mass is 1130 g/mol. The van der Waals surface area contributed by atoms with Crippen LogP contribution in [0.25, 0.3) is 94.5 Å². The lowest BCUT2D eigenvalue weighted by molar-refractivity contribution is -0.570. The number of nitrogens with zero attached hydrogens (tertiary/aromatic N) is 4. The van der Waals surface area contributed by atoms with Crippen LogP contribution in [-0.2, 0) is 10.8 Å². The summed E-state index contributed by atoms with van der Waals surface area (Å²) in [6.07, 6.45) is 5.84. The molecular weight excluding hydrogens is 1060 g/mol. The number of aromatic nitrogens is 4. The highest BCUT2D eigenvalue weighted by atomic mass is 28.3. The smallest absolute Gasteiger partial charge is 0.269 e. The fourth-order valence-electron chi connectivity index (χ4n) is 13.4. The number of ether oxygens (including phenoxy) is 1. The van der Waals surface area contributed by atoms with Crippen LogP contribution in [0.15, 0.2) is 279 Å². The summed E-state index contributed by atoms with van der Waals surface area (Å²) >= 11 is 0. The first-order valence-corrected chi connectivity index (χ1v) is 31.4. The van der Waals surface area contributed by atoms with Crippen molar-refractivity contribution in [2.24, 2.45) is 0 Å². The second-order valence-electron chi connectivity index (χ2n) is 24.5. The minimum absolute atomic E-state index is 0.0806. The third-order valence-corrected chi connectivity index (χ3v) is 22.1. The number of rotatable bonds is 9. The molecule has 15 rings (SSSR count). The predicted octanol–water partition coefficient (Wildman–Crippen LogP) is 16.9. The van der Waals surface area contributed by atoms with Gasteiger partial charge in [-0.05, 0) is 136 Å². The average molecular weight is 1130 g/mol. The van der Waals surface area contributed by atoms with Gasteiger partial charge in [-0.1, -0.05) is 260 Å². The van der Waals surface area contributed by atoms with Crippen LogP contribution >= 0.6 is 0 Å². The number of fused-ring (bicyclic) bond motifs is 10. The highest BCUT2D eigenvalue weighted by Crippen LogP contribution is 2.48. The molecule has 6 heteroatoms. The molecule has 14 aromatic rings. The van der Waals surface area contributed by atoms with Crippen LogP contribution in [0.5, 0.6) is 11.5 Å². The number of benzene rings is 11. The third kappa shape index (κ3) is 8.65. The van der Waals surface area contributed by atoms with Gasteiger partial charge in [0.2, 0.25) is 0 Å². The van der Waals surface area contributed by atoms with Crippen LogP contribution in [-0.4, -0.2) is 22.2 Å². The predicted molar refractivity (Wildman–Crippen MR) is 359 cm³/mol. The molecule has 11 aromatic carbocycles. The van der Waals surface area contributed by atoms with Crippen molar-refractivity contribution in [2.75, 3.05) is 0 Å². The van der Waals surface area contributed by atoms with Crippen molar-refractivity contribution in [2.45, 2.75) is 52.4 Å². The van der Waals surface area contributed by atoms with Crippen molar-refractivity contribution < 1.29 is 16.2 Å². The first-order valence-electron chi connectivity index (χ1n) is 31.9. The van der Waals surface area contributed by atoms with Crippen LogP contribution in [0.3, 0.4) is 0 Å². The highest BCUT2D eigenvalue weighted by molar-refractivity contribution is 7.20. The van der Waals surface area contributed by atoms with Crippen molar-refractivity contribution >= 4 is 61.7 Å². The topological polar surface area (TPSA) is 35.9 Å². The maximum atomic E-state index is 9.69. The van der Waals surface area contributed by atoms with E-state index in [4.69, 9.17) is 13.8 Å². The molecule has 0 amide bonds. The van der Waals surface area contributed by atoms with E-state index in [1.807, 2.05) is 42.6 Å². The molecule has 0 radical (unpaired) electrons. The van der Waals surface area contributed by atoms with Crippen LogP contribution in [0.2, 0.25) is 0 Å². The van der Waals surface area contributed by atoms with Gasteiger partial charge in [0.25, 0.3) is 6.33 Å². The van der Waals surface area contributed by atoms with Gasteiger partial charge in [-0.3, -0.25) is 13.7 Å². The molecule has 0 aliphatic carbocycles. The molecule has 0 saturated heterocycles. The molecule has 3 aromatic heterocycles. The van der Waals surface area contributed by atoms with Crippen molar-refractivity contribution in [3.8, 4) is 73.2 Å². The molecule has 414 valence electrons. The summed E-state index contributed by atoms with van der Waals surface area (Å²) in [5.74, 6) is 2.10. The van der Waals surface area contributed by atoms with Gasteiger partial charge in [0.05, 0.1) is 40.3 Å².